The SMILES string of the molecule is CCC(C)COc1cc(-c2ccc(C(=O)Nc3ccc(C(=O)O)cc3OC(C)CC)c(OCCC(C)C)c2)ccc1C(=O)Nc1ccc(C(=O)O)cc1OCc1ccccc1. The summed E-state index contributed by atoms with van der Waals surface area (Å²) in [4.78, 5) is 51.5. The summed E-state index contributed by atoms with van der Waals surface area (Å²) < 4.78 is 24.6. The zero-order chi connectivity index (χ0) is 44.1. The van der Waals surface area contributed by atoms with Crippen LogP contribution in [0, 0.1) is 11.8 Å². The Balaban J connectivity index is 1.48. The summed E-state index contributed by atoms with van der Waals surface area (Å²) >= 11 is 0. The van der Waals surface area contributed by atoms with Gasteiger partial charge in [0.1, 0.15) is 29.6 Å². The highest BCUT2D eigenvalue weighted by atomic mass is 16.5. The molecule has 0 aromatic heterocycles. The normalized spacial score (nSPS) is 11.9. The average Bonchev–Trinajstić information content (AvgIpc) is 3.25. The molecule has 5 rings (SSSR count). The Labute approximate surface area is 356 Å². The number of ether oxygens (including phenoxy) is 4. The molecule has 2 amide bonds. The lowest BCUT2D eigenvalue weighted by Gasteiger charge is -2.19. The van der Waals surface area contributed by atoms with Crippen molar-refractivity contribution in [1.29, 1.82) is 0 Å². The third-order valence-electron chi connectivity index (χ3n) is 10.1. The van der Waals surface area contributed by atoms with Crippen molar-refractivity contribution in [2.45, 2.75) is 73.5 Å². The van der Waals surface area contributed by atoms with E-state index in [1.165, 1.54) is 36.4 Å². The maximum atomic E-state index is 14.0. The van der Waals surface area contributed by atoms with Crippen LogP contribution in [0.25, 0.3) is 11.1 Å². The van der Waals surface area contributed by atoms with Crippen molar-refractivity contribution in [3.8, 4) is 34.1 Å². The second-order valence-corrected chi connectivity index (χ2v) is 15.3. The molecule has 0 fully saturated rings. The first-order valence-electron chi connectivity index (χ1n) is 20.5. The van der Waals surface area contributed by atoms with Crippen molar-refractivity contribution in [2.24, 2.45) is 11.8 Å². The van der Waals surface area contributed by atoms with Crippen LogP contribution >= 0.6 is 0 Å². The molecule has 61 heavy (non-hydrogen) atoms. The quantitative estimate of drug-likeness (QED) is 0.0558. The van der Waals surface area contributed by atoms with Gasteiger partial charge in [0.15, 0.2) is 0 Å². The number of hydrogen-bond acceptors (Lipinski definition) is 8. The number of nitrogens with one attached hydrogen (secondary N) is 2. The number of hydrogen-bond donors (Lipinski definition) is 4. The number of carbonyl (C=O) groups excluding carboxylic acids is 2. The molecule has 4 N–H and O–H groups in total. The van der Waals surface area contributed by atoms with Crippen LogP contribution in [0.3, 0.4) is 0 Å². The molecule has 0 bridgehead atoms. The van der Waals surface area contributed by atoms with E-state index in [4.69, 9.17) is 18.9 Å². The molecule has 2 unspecified atom stereocenters. The summed E-state index contributed by atoms with van der Waals surface area (Å²) in [7, 11) is 0. The third-order valence-corrected chi connectivity index (χ3v) is 10.1. The first-order valence-corrected chi connectivity index (χ1v) is 20.5. The number of carbonyl (C=O) groups is 4. The van der Waals surface area contributed by atoms with Gasteiger partial charge in [0.25, 0.3) is 11.8 Å². The van der Waals surface area contributed by atoms with E-state index >= 15 is 0 Å². The van der Waals surface area contributed by atoms with E-state index in [1.807, 2.05) is 44.2 Å². The Bertz CT molecular complexity index is 2320. The molecule has 5 aromatic rings. The van der Waals surface area contributed by atoms with Gasteiger partial charge in [0.2, 0.25) is 0 Å². The van der Waals surface area contributed by atoms with Gasteiger partial charge in [0.05, 0.1) is 52.9 Å². The molecule has 320 valence electrons. The summed E-state index contributed by atoms with van der Waals surface area (Å²) in [6.07, 6.45) is 2.04. The van der Waals surface area contributed by atoms with Crippen LogP contribution in [0.2, 0.25) is 0 Å². The topological polar surface area (TPSA) is 170 Å². The van der Waals surface area contributed by atoms with Crippen LogP contribution in [0.5, 0.6) is 23.0 Å². The monoisotopic (exact) mass is 830 g/mol. The van der Waals surface area contributed by atoms with Gasteiger partial charge in [-0.15, -0.1) is 0 Å². The van der Waals surface area contributed by atoms with E-state index in [-0.39, 0.29) is 58.1 Å². The van der Waals surface area contributed by atoms with Crippen molar-refractivity contribution in [2.75, 3.05) is 23.8 Å². The Morgan fingerprint density at radius 3 is 1.66 bits per heavy atom. The van der Waals surface area contributed by atoms with Gasteiger partial charge in [-0.1, -0.05) is 83.5 Å². The van der Waals surface area contributed by atoms with Gasteiger partial charge in [-0.3, -0.25) is 9.59 Å². The van der Waals surface area contributed by atoms with Gasteiger partial charge >= 0.3 is 11.9 Å². The largest absolute Gasteiger partial charge is 0.493 e. The smallest absolute Gasteiger partial charge is 0.335 e. The van der Waals surface area contributed by atoms with E-state index in [2.05, 4.69) is 38.3 Å². The fraction of sp³-hybridized carbons (Fsp3) is 0.306. The molecular weight excluding hydrogens is 777 g/mol. The number of carboxylic acids is 2. The highest BCUT2D eigenvalue weighted by Gasteiger charge is 2.22. The van der Waals surface area contributed by atoms with E-state index in [1.54, 1.807) is 36.4 Å². The van der Waals surface area contributed by atoms with Gasteiger partial charge in [-0.05, 0) is 109 Å². The summed E-state index contributed by atoms with van der Waals surface area (Å²) in [5.74, 6) is -1.58. The van der Waals surface area contributed by atoms with E-state index < -0.39 is 23.8 Å². The summed E-state index contributed by atoms with van der Waals surface area (Å²) in [6.45, 7) is 12.9. The maximum Gasteiger partial charge on any atom is 0.335 e. The molecule has 0 saturated carbocycles. The van der Waals surface area contributed by atoms with Crippen molar-refractivity contribution >= 4 is 35.1 Å². The van der Waals surface area contributed by atoms with Crippen LogP contribution in [0.4, 0.5) is 11.4 Å². The fourth-order valence-corrected chi connectivity index (χ4v) is 5.92. The minimum Gasteiger partial charge on any atom is -0.493 e. The van der Waals surface area contributed by atoms with Crippen molar-refractivity contribution in [3.05, 3.63) is 131 Å². The number of amides is 2. The van der Waals surface area contributed by atoms with Crippen molar-refractivity contribution in [1.82, 2.24) is 0 Å². The molecule has 5 aromatic carbocycles. The molecule has 0 heterocycles. The van der Waals surface area contributed by atoms with E-state index in [0.717, 1.165) is 18.4 Å². The average molecular weight is 831 g/mol. The number of carboxylic acid groups (broad SMARTS) is 2. The molecule has 0 spiro atoms. The van der Waals surface area contributed by atoms with Gasteiger partial charge < -0.3 is 39.8 Å². The number of aromatic carboxylic acids is 2. The lowest BCUT2D eigenvalue weighted by atomic mass is 10.00. The lowest BCUT2D eigenvalue weighted by molar-refractivity contribution is 0.0685. The molecule has 0 aliphatic carbocycles. The Kier molecular flexibility index (Phi) is 15.9. The van der Waals surface area contributed by atoms with Crippen LogP contribution in [0.15, 0.2) is 103 Å². The second-order valence-electron chi connectivity index (χ2n) is 15.3. The van der Waals surface area contributed by atoms with Crippen LogP contribution in [-0.4, -0.2) is 53.3 Å². The maximum absolute atomic E-state index is 14.0. The first-order chi connectivity index (χ1) is 29.3. The van der Waals surface area contributed by atoms with Crippen LogP contribution in [0.1, 0.15) is 108 Å². The number of anilines is 2. The molecule has 12 heteroatoms. The fourth-order valence-electron chi connectivity index (χ4n) is 5.92. The van der Waals surface area contributed by atoms with Crippen LogP contribution < -0.4 is 29.6 Å². The van der Waals surface area contributed by atoms with Crippen molar-refractivity contribution < 1.29 is 48.3 Å². The molecular formula is C49H54N2O10. The minimum atomic E-state index is -1.13. The van der Waals surface area contributed by atoms with Crippen molar-refractivity contribution in [3.63, 3.8) is 0 Å². The number of rotatable bonds is 21. The molecule has 0 radical (unpaired) electrons. The highest BCUT2D eigenvalue weighted by Crippen LogP contribution is 2.35. The second kappa shape index (κ2) is 21.4. The minimum absolute atomic E-state index is 0.00816. The summed E-state index contributed by atoms with van der Waals surface area (Å²) in [6, 6.07) is 28.4. The van der Waals surface area contributed by atoms with Gasteiger partial charge in [-0.2, -0.15) is 0 Å². The standard InChI is InChI=1S/C49H54N2O10/c1-7-31(5)28-59-43-25-35(15-19-39(43)47(53)50-40-20-16-36(48(54)55)26-44(40)60-29-33-12-10-9-11-13-33)34-14-18-38(42(24-34)58-23-22-30(3)4)46(52)51-41-21-17-37(49(56)57)27-45(41)61-32(6)8-2/h9-21,24-27,30-32H,7-8,22-23,28-29H2,1-6H3,(H,50,53)(H,51,52)(H,54,55)(H,56,57). The predicted molar refractivity (Wildman–Crippen MR) is 236 cm³/mol. The zero-order valence-electron chi connectivity index (χ0n) is 35.5. The molecule has 0 aliphatic rings. The molecule has 2 atom stereocenters. The van der Waals surface area contributed by atoms with E-state index in [0.29, 0.717) is 53.9 Å². The molecule has 0 aliphatic heterocycles. The zero-order valence-corrected chi connectivity index (χ0v) is 35.5. The predicted octanol–water partition coefficient (Wildman–Crippen LogP) is 10.9. The Hall–Kier alpha value is -6.82. The number of benzene rings is 5. The lowest BCUT2D eigenvalue weighted by Crippen LogP contribution is -2.17. The highest BCUT2D eigenvalue weighted by molar-refractivity contribution is 6.09. The van der Waals surface area contributed by atoms with E-state index in [9.17, 15) is 29.4 Å². The third kappa shape index (κ3) is 12.6. The summed E-state index contributed by atoms with van der Waals surface area (Å²) in [5.41, 5.74) is 3.41. The van der Waals surface area contributed by atoms with Crippen LogP contribution in [-0.2, 0) is 6.61 Å². The Morgan fingerprint density at radius 1 is 0.590 bits per heavy atom. The Morgan fingerprint density at radius 2 is 1.13 bits per heavy atom. The molecule has 12 nitrogen and oxygen atoms in total. The summed E-state index contributed by atoms with van der Waals surface area (Å²) in [5, 5.41) is 25.1. The van der Waals surface area contributed by atoms with Gasteiger partial charge in [-0.25, -0.2) is 9.59 Å². The molecule has 0 saturated heterocycles. The van der Waals surface area contributed by atoms with Gasteiger partial charge in [0, 0.05) is 0 Å². The first kappa shape index (κ1) is 45.3.